The number of para-hydroxylation sites is 1. The zero-order valence-corrected chi connectivity index (χ0v) is 21.5. The molecule has 0 saturated carbocycles. The SMILES string of the molecule is O=Cc1cnc2c3cc(-n4c5ccccc5c5ncccc54)ccc3n(-c3ccc4oc5cccnc5c4c3)c2c1. The summed E-state index contributed by atoms with van der Waals surface area (Å²) in [7, 11) is 0. The van der Waals surface area contributed by atoms with Crippen molar-refractivity contribution < 1.29 is 9.21 Å². The molecule has 7 heteroatoms. The van der Waals surface area contributed by atoms with Crippen LogP contribution in [0.2, 0.25) is 0 Å². The van der Waals surface area contributed by atoms with Gasteiger partial charge >= 0.3 is 0 Å². The molecule has 0 N–H and O–H groups in total. The fourth-order valence-corrected chi connectivity index (χ4v) is 6.15. The van der Waals surface area contributed by atoms with E-state index in [2.05, 4.69) is 67.6 Å². The van der Waals surface area contributed by atoms with Crippen molar-refractivity contribution in [1.29, 1.82) is 0 Å². The average molecular weight is 530 g/mol. The van der Waals surface area contributed by atoms with Crippen molar-refractivity contribution in [2.45, 2.75) is 0 Å². The maximum absolute atomic E-state index is 11.8. The quantitative estimate of drug-likeness (QED) is 0.218. The number of pyridine rings is 3. The monoisotopic (exact) mass is 529 g/mol. The first-order valence-electron chi connectivity index (χ1n) is 13.3. The molecule has 0 spiro atoms. The van der Waals surface area contributed by atoms with Crippen LogP contribution in [-0.2, 0) is 0 Å². The minimum atomic E-state index is 0.520. The van der Waals surface area contributed by atoms with Gasteiger partial charge in [-0.2, -0.15) is 0 Å². The standard InChI is InChI=1S/C34H19N5O2/c40-19-20-15-29-33(37-18-20)24-16-21(38-26-6-2-1-5-23(26)32-28(38)7-3-13-35-32)9-11-27(24)39(29)22-10-12-30-25(17-22)34-31(41-30)8-4-14-36-34/h1-19H. The van der Waals surface area contributed by atoms with Gasteiger partial charge in [-0.1, -0.05) is 18.2 Å². The Morgan fingerprint density at radius 3 is 2.17 bits per heavy atom. The van der Waals surface area contributed by atoms with Gasteiger partial charge in [0.15, 0.2) is 11.9 Å². The second-order valence-corrected chi connectivity index (χ2v) is 10.1. The Kier molecular flexibility index (Phi) is 4.35. The molecule has 3 aromatic carbocycles. The van der Waals surface area contributed by atoms with Gasteiger partial charge in [0, 0.05) is 51.7 Å². The third-order valence-corrected chi connectivity index (χ3v) is 7.89. The molecule has 0 aliphatic carbocycles. The number of hydrogen-bond acceptors (Lipinski definition) is 5. The normalized spacial score (nSPS) is 12.0. The molecule has 0 bridgehead atoms. The fourth-order valence-electron chi connectivity index (χ4n) is 6.15. The van der Waals surface area contributed by atoms with Crippen LogP contribution in [0.25, 0.3) is 77.3 Å². The third-order valence-electron chi connectivity index (χ3n) is 7.89. The Bertz CT molecular complexity index is 2460. The van der Waals surface area contributed by atoms with E-state index in [0.717, 1.165) is 83.6 Å². The number of aromatic nitrogens is 5. The van der Waals surface area contributed by atoms with Crippen LogP contribution in [0.5, 0.6) is 0 Å². The molecule has 6 heterocycles. The lowest BCUT2D eigenvalue weighted by Crippen LogP contribution is -1.96. The van der Waals surface area contributed by atoms with E-state index in [-0.39, 0.29) is 0 Å². The van der Waals surface area contributed by atoms with Crippen molar-refractivity contribution in [2.24, 2.45) is 0 Å². The van der Waals surface area contributed by atoms with E-state index in [1.165, 1.54) is 0 Å². The van der Waals surface area contributed by atoms with Gasteiger partial charge in [-0.05, 0) is 72.8 Å². The first-order chi connectivity index (χ1) is 20.3. The molecule has 0 radical (unpaired) electrons. The Balaban J connectivity index is 1.36. The van der Waals surface area contributed by atoms with Gasteiger partial charge in [-0.25, -0.2) is 0 Å². The summed E-state index contributed by atoms with van der Waals surface area (Å²) < 4.78 is 10.4. The zero-order valence-electron chi connectivity index (χ0n) is 21.5. The summed E-state index contributed by atoms with van der Waals surface area (Å²) >= 11 is 0. The van der Waals surface area contributed by atoms with Crippen LogP contribution in [0, 0.1) is 0 Å². The summed E-state index contributed by atoms with van der Waals surface area (Å²) in [4.78, 5) is 25.8. The minimum absolute atomic E-state index is 0.520. The first-order valence-corrected chi connectivity index (χ1v) is 13.3. The van der Waals surface area contributed by atoms with Gasteiger partial charge in [-0.3, -0.25) is 19.7 Å². The number of benzene rings is 3. The highest BCUT2D eigenvalue weighted by Crippen LogP contribution is 2.37. The minimum Gasteiger partial charge on any atom is -0.454 e. The summed E-state index contributed by atoms with van der Waals surface area (Å²) in [5.41, 5.74) is 10.6. The van der Waals surface area contributed by atoms with Gasteiger partial charge in [0.2, 0.25) is 0 Å². The largest absolute Gasteiger partial charge is 0.454 e. The molecule has 0 fully saturated rings. The van der Waals surface area contributed by atoms with E-state index in [9.17, 15) is 4.79 Å². The molecule has 192 valence electrons. The Hall–Kier alpha value is -5.82. The molecular formula is C34H19N5O2. The number of rotatable bonds is 3. The first kappa shape index (κ1) is 22.0. The van der Waals surface area contributed by atoms with Crippen LogP contribution >= 0.6 is 0 Å². The smallest absolute Gasteiger partial charge is 0.153 e. The van der Waals surface area contributed by atoms with Gasteiger partial charge in [-0.15, -0.1) is 0 Å². The van der Waals surface area contributed by atoms with Crippen LogP contribution in [0.3, 0.4) is 0 Å². The van der Waals surface area contributed by atoms with Gasteiger partial charge < -0.3 is 13.6 Å². The van der Waals surface area contributed by atoms with Crippen molar-refractivity contribution in [3.63, 3.8) is 0 Å². The van der Waals surface area contributed by atoms with Crippen molar-refractivity contribution in [3.8, 4) is 11.4 Å². The molecule has 0 saturated heterocycles. The zero-order chi connectivity index (χ0) is 27.1. The Morgan fingerprint density at radius 1 is 0.561 bits per heavy atom. The molecule has 0 atom stereocenters. The summed E-state index contributed by atoms with van der Waals surface area (Å²) in [5, 5.41) is 3.02. The summed E-state index contributed by atoms with van der Waals surface area (Å²) in [6.45, 7) is 0. The molecule has 41 heavy (non-hydrogen) atoms. The maximum Gasteiger partial charge on any atom is 0.153 e. The van der Waals surface area contributed by atoms with Gasteiger partial charge in [0.25, 0.3) is 0 Å². The molecule has 0 unspecified atom stereocenters. The van der Waals surface area contributed by atoms with Gasteiger partial charge in [0.1, 0.15) is 11.1 Å². The van der Waals surface area contributed by atoms with E-state index in [1.54, 1.807) is 12.4 Å². The molecule has 9 aromatic rings. The van der Waals surface area contributed by atoms with Gasteiger partial charge in [0.05, 0.1) is 33.1 Å². The summed E-state index contributed by atoms with van der Waals surface area (Å²) in [6, 6.07) is 30.6. The lowest BCUT2D eigenvalue weighted by Gasteiger charge is -2.10. The topological polar surface area (TPSA) is 78.7 Å². The van der Waals surface area contributed by atoms with Crippen molar-refractivity contribution in [3.05, 3.63) is 115 Å². The lowest BCUT2D eigenvalue weighted by molar-refractivity contribution is 0.112. The predicted octanol–water partition coefficient (Wildman–Crippen LogP) is 7.78. The van der Waals surface area contributed by atoms with Crippen LogP contribution in [0.1, 0.15) is 10.4 Å². The van der Waals surface area contributed by atoms with E-state index in [1.807, 2.05) is 48.7 Å². The van der Waals surface area contributed by atoms with E-state index >= 15 is 0 Å². The highest BCUT2D eigenvalue weighted by Gasteiger charge is 2.19. The van der Waals surface area contributed by atoms with Crippen molar-refractivity contribution in [2.75, 3.05) is 0 Å². The summed E-state index contributed by atoms with van der Waals surface area (Å²) in [6.07, 6.45) is 6.07. The number of carbonyl (C=O) groups is 1. The maximum atomic E-state index is 11.8. The third kappa shape index (κ3) is 3.02. The van der Waals surface area contributed by atoms with Crippen molar-refractivity contribution >= 4 is 72.2 Å². The van der Waals surface area contributed by atoms with Crippen LogP contribution in [-0.4, -0.2) is 30.4 Å². The van der Waals surface area contributed by atoms with Crippen LogP contribution in [0.4, 0.5) is 0 Å². The molecule has 0 amide bonds. The molecular weight excluding hydrogens is 510 g/mol. The number of furan rings is 1. The molecule has 7 nitrogen and oxygen atoms in total. The van der Waals surface area contributed by atoms with Crippen molar-refractivity contribution in [1.82, 2.24) is 24.1 Å². The highest BCUT2D eigenvalue weighted by molar-refractivity contribution is 6.11. The number of hydrogen-bond donors (Lipinski definition) is 0. The van der Waals surface area contributed by atoms with Crippen LogP contribution in [0.15, 0.2) is 114 Å². The van der Waals surface area contributed by atoms with E-state index in [4.69, 9.17) is 9.40 Å². The highest BCUT2D eigenvalue weighted by atomic mass is 16.3. The number of fused-ring (bicyclic) bond motifs is 9. The molecule has 0 aliphatic heterocycles. The molecule has 0 aliphatic rings. The average Bonchev–Trinajstić information content (AvgIpc) is 3.67. The predicted molar refractivity (Wildman–Crippen MR) is 161 cm³/mol. The van der Waals surface area contributed by atoms with Crippen LogP contribution < -0.4 is 0 Å². The summed E-state index contributed by atoms with van der Waals surface area (Å²) in [5.74, 6) is 0. The second-order valence-electron chi connectivity index (χ2n) is 10.1. The molecule has 6 aromatic heterocycles. The Labute approximate surface area is 231 Å². The number of aldehydes is 1. The molecule has 9 rings (SSSR count). The fraction of sp³-hybridized carbons (Fsp3) is 0. The Morgan fingerprint density at radius 2 is 1.27 bits per heavy atom. The number of nitrogens with zero attached hydrogens (tertiary/aromatic N) is 5. The van der Waals surface area contributed by atoms with E-state index in [0.29, 0.717) is 5.56 Å². The number of carbonyl (C=O) groups excluding carboxylic acids is 1. The lowest BCUT2D eigenvalue weighted by atomic mass is 10.2. The van der Waals surface area contributed by atoms with E-state index < -0.39 is 0 Å². The second kappa shape index (κ2) is 8.09.